The highest BCUT2D eigenvalue weighted by Crippen LogP contribution is 2.51. The molecule has 1 fully saturated rings. The quantitative estimate of drug-likeness (QED) is 0.735. The molecule has 1 aliphatic carbocycles. The number of hydrogen-bond acceptors (Lipinski definition) is 3. The van der Waals surface area contributed by atoms with Gasteiger partial charge in [0, 0.05) is 5.92 Å². The lowest BCUT2D eigenvalue weighted by molar-refractivity contribution is -0.274. The molecule has 1 saturated carbocycles. The Balaban J connectivity index is 2.04. The van der Waals surface area contributed by atoms with Crippen LogP contribution in [-0.4, -0.2) is 29.4 Å². The Hall–Kier alpha value is -2.51. The van der Waals surface area contributed by atoms with Crippen molar-refractivity contribution >= 4 is 11.9 Å². The van der Waals surface area contributed by atoms with Gasteiger partial charge in [-0.2, -0.15) is 0 Å². The van der Waals surface area contributed by atoms with Gasteiger partial charge in [-0.05, 0) is 37.3 Å². The number of ether oxygens (including phenoxy) is 1. The number of carboxylic acid groups (broad SMARTS) is 1. The van der Waals surface area contributed by atoms with Crippen LogP contribution in [0.15, 0.2) is 36.4 Å². The number of nitrogens with one attached hydrogen (secondary N) is 1. The summed E-state index contributed by atoms with van der Waals surface area (Å²) in [5, 5.41) is 11.5. The van der Waals surface area contributed by atoms with E-state index in [-0.39, 0.29) is 12.2 Å². The normalized spacial score (nSPS) is 21.0. The molecule has 5 nitrogen and oxygen atoms in total. The summed E-state index contributed by atoms with van der Waals surface area (Å²) in [4.78, 5) is 23.4. The van der Waals surface area contributed by atoms with E-state index in [0.717, 1.165) is 0 Å². The maximum Gasteiger partial charge on any atom is 0.573 e. The molecule has 1 aromatic carbocycles. The van der Waals surface area contributed by atoms with E-state index < -0.39 is 36.1 Å². The van der Waals surface area contributed by atoms with Gasteiger partial charge < -0.3 is 15.2 Å². The summed E-state index contributed by atoms with van der Waals surface area (Å²) >= 11 is 0. The molecular formula is C17H18F3NO4. The molecule has 0 bridgehead atoms. The molecule has 25 heavy (non-hydrogen) atoms. The highest BCUT2D eigenvalue weighted by Gasteiger charge is 2.47. The molecule has 3 unspecified atom stereocenters. The van der Waals surface area contributed by atoms with Gasteiger partial charge in [-0.1, -0.05) is 30.4 Å². The lowest BCUT2D eigenvalue weighted by Gasteiger charge is -2.14. The molecule has 0 spiro atoms. The van der Waals surface area contributed by atoms with Gasteiger partial charge >= 0.3 is 12.3 Å². The monoisotopic (exact) mass is 357 g/mol. The van der Waals surface area contributed by atoms with Crippen molar-refractivity contribution < 1.29 is 32.6 Å². The van der Waals surface area contributed by atoms with E-state index in [1.807, 2.05) is 0 Å². The van der Waals surface area contributed by atoms with Gasteiger partial charge in [0.15, 0.2) is 0 Å². The predicted octanol–water partition coefficient (Wildman–Crippen LogP) is 3.22. The van der Waals surface area contributed by atoms with E-state index >= 15 is 0 Å². The van der Waals surface area contributed by atoms with Crippen molar-refractivity contribution in [1.82, 2.24) is 5.32 Å². The minimum Gasteiger partial charge on any atom is -0.480 e. The van der Waals surface area contributed by atoms with Crippen molar-refractivity contribution in [2.75, 3.05) is 0 Å². The zero-order chi connectivity index (χ0) is 18.6. The number of halogens is 3. The van der Waals surface area contributed by atoms with Gasteiger partial charge in [-0.25, -0.2) is 4.79 Å². The number of hydrogen-bond donors (Lipinski definition) is 2. The fraction of sp³-hybridized carbons (Fsp3) is 0.412. The van der Waals surface area contributed by atoms with Crippen LogP contribution in [0, 0.1) is 5.92 Å². The number of allylic oxidation sites excluding steroid dienone is 1. The number of alkyl halides is 3. The largest absolute Gasteiger partial charge is 0.573 e. The van der Waals surface area contributed by atoms with E-state index in [4.69, 9.17) is 5.11 Å². The first kappa shape index (κ1) is 18.8. The lowest BCUT2D eigenvalue weighted by Crippen LogP contribution is -2.41. The molecule has 1 amide bonds. The molecular weight excluding hydrogens is 339 g/mol. The molecule has 3 atom stereocenters. The van der Waals surface area contributed by atoms with Crippen molar-refractivity contribution in [3.05, 3.63) is 42.0 Å². The molecule has 0 aromatic heterocycles. The minimum absolute atomic E-state index is 0.142. The van der Waals surface area contributed by atoms with E-state index in [1.165, 1.54) is 18.2 Å². The summed E-state index contributed by atoms with van der Waals surface area (Å²) in [6.45, 7) is 1.73. The van der Waals surface area contributed by atoms with Crippen molar-refractivity contribution in [2.24, 2.45) is 5.92 Å². The van der Waals surface area contributed by atoms with Crippen molar-refractivity contribution in [2.45, 2.75) is 38.1 Å². The van der Waals surface area contributed by atoms with E-state index in [0.29, 0.717) is 12.0 Å². The highest BCUT2D eigenvalue weighted by atomic mass is 19.4. The molecule has 0 radical (unpaired) electrons. The third kappa shape index (κ3) is 5.23. The van der Waals surface area contributed by atoms with Crippen LogP contribution in [-0.2, 0) is 9.59 Å². The van der Waals surface area contributed by atoms with Gasteiger partial charge in [-0.15, -0.1) is 13.2 Å². The maximum absolute atomic E-state index is 12.5. The Labute approximate surface area is 142 Å². The van der Waals surface area contributed by atoms with E-state index in [9.17, 15) is 22.8 Å². The van der Waals surface area contributed by atoms with Crippen LogP contribution in [0.3, 0.4) is 0 Å². The number of amides is 1. The number of rotatable bonds is 7. The highest BCUT2D eigenvalue weighted by molar-refractivity contribution is 5.87. The first-order valence-electron chi connectivity index (χ1n) is 7.72. The van der Waals surface area contributed by atoms with Gasteiger partial charge in [0.2, 0.25) is 5.91 Å². The van der Waals surface area contributed by atoms with Gasteiger partial charge in [0.25, 0.3) is 0 Å². The van der Waals surface area contributed by atoms with Crippen molar-refractivity contribution in [1.29, 1.82) is 0 Å². The number of carboxylic acids is 1. The summed E-state index contributed by atoms with van der Waals surface area (Å²) in [5.41, 5.74) is 0.292. The average Bonchev–Trinajstić information content (AvgIpc) is 3.30. The standard InChI is InChI=1S/C17H18F3NO4/c1-2-3-7-13(16(23)24)21-15(22)12-9-11(12)10-6-4-5-8-14(10)25-17(18,19)20/h2-6,8,11-13H,7,9H2,1H3,(H,21,22)(H,23,24)/b3-2+. The van der Waals surface area contributed by atoms with Gasteiger partial charge in [0.05, 0.1) is 0 Å². The van der Waals surface area contributed by atoms with Gasteiger partial charge in [0.1, 0.15) is 11.8 Å². The Kier molecular flexibility index (Phi) is 5.71. The zero-order valence-electron chi connectivity index (χ0n) is 13.4. The second kappa shape index (κ2) is 7.58. The Morgan fingerprint density at radius 3 is 2.68 bits per heavy atom. The fourth-order valence-corrected chi connectivity index (χ4v) is 2.61. The number of carbonyl (C=O) groups excluding carboxylic acids is 1. The molecule has 136 valence electrons. The molecule has 2 N–H and O–H groups in total. The fourth-order valence-electron chi connectivity index (χ4n) is 2.61. The van der Waals surface area contributed by atoms with Gasteiger partial charge in [-0.3, -0.25) is 4.79 Å². The SMILES string of the molecule is C/C=C/CC(NC(=O)C1CC1c1ccccc1OC(F)(F)F)C(=O)O. The molecule has 0 heterocycles. The Bertz CT molecular complexity index is 672. The summed E-state index contributed by atoms with van der Waals surface area (Å²) in [6.07, 6.45) is -1.03. The first-order chi connectivity index (χ1) is 11.7. The summed E-state index contributed by atoms with van der Waals surface area (Å²) < 4.78 is 41.4. The Morgan fingerprint density at radius 1 is 1.40 bits per heavy atom. The second-order valence-corrected chi connectivity index (χ2v) is 5.74. The number of aliphatic carboxylic acids is 1. The molecule has 1 aromatic rings. The summed E-state index contributed by atoms with van der Waals surface area (Å²) in [6, 6.07) is 4.60. The second-order valence-electron chi connectivity index (χ2n) is 5.74. The third-order valence-electron chi connectivity index (χ3n) is 3.89. The maximum atomic E-state index is 12.5. The van der Waals surface area contributed by atoms with Crippen LogP contribution in [0.25, 0.3) is 0 Å². The third-order valence-corrected chi connectivity index (χ3v) is 3.89. The number of carbonyl (C=O) groups is 2. The molecule has 1 aliphatic rings. The summed E-state index contributed by atoms with van der Waals surface area (Å²) in [7, 11) is 0. The van der Waals surface area contributed by atoms with E-state index in [2.05, 4.69) is 10.1 Å². The minimum atomic E-state index is -4.82. The first-order valence-corrected chi connectivity index (χ1v) is 7.72. The number of para-hydroxylation sites is 1. The zero-order valence-corrected chi connectivity index (χ0v) is 13.4. The Morgan fingerprint density at radius 2 is 2.08 bits per heavy atom. The van der Waals surface area contributed by atoms with Crippen molar-refractivity contribution in [3.63, 3.8) is 0 Å². The van der Waals surface area contributed by atoms with Crippen LogP contribution >= 0.6 is 0 Å². The molecule has 0 saturated heterocycles. The van der Waals surface area contributed by atoms with Crippen LogP contribution in [0.1, 0.15) is 31.2 Å². The van der Waals surface area contributed by atoms with Crippen LogP contribution < -0.4 is 10.1 Å². The van der Waals surface area contributed by atoms with Crippen LogP contribution in [0.4, 0.5) is 13.2 Å². The lowest BCUT2D eigenvalue weighted by atomic mass is 10.1. The van der Waals surface area contributed by atoms with Crippen LogP contribution in [0.2, 0.25) is 0 Å². The van der Waals surface area contributed by atoms with E-state index in [1.54, 1.807) is 25.1 Å². The molecule has 8 heteroatoms. The molecule has 2 rings (SSSR count). The topological polar surface area (TPSA) is 75.6 Å². The molecule has 0 aliphatic heterocycles. The predicted molar refractivity (Wildman–Crippen MR) is 83.0 cm³/mol. The smallest absolute Gasteiger partial charge is 0.480 e. The van der Waals surface area contributed by atoms with Crippen LogP contribution in [0.5, 0.6) is 5.75 Å². The average molecular weight is 357 g/mol. The van der Waals surface area contributed by atoms with Crippen molar-refractivity contribution in [3.8, 4) is 5.75 Å². The summed E-state index contributed by atoms with van der Waals surface area (Å²) in [5.74, 6) is -2.97. The number of benzene rings is 1.